The van der Waals surface area contributed by atoms with Gasteiger partial charge in [-0.3, -0.25) is 14.9 Å². The SMILES string of the molecule is C[C@H](NC(=O)c1cccc([N+](=O)[O-])c1)c1ccc2c(c1)CCCC2. The van der Waals surface area contributed by atoms with E-state index in [1.54, 1.807) is 6.07 Å². The van der Waals surface area contributed by atoms with Crippen molar-refractivity contribution in [3.05, 3.63) is 74.8 Å². The summed E-state index contributed by atoms with van der Waals surface area (Å²) in [5.41, 5.74) is 4.06. The Morgan fingerprint density at radius 2 is 1.88 bits per heavy atom. The lowest BCUT2D eigenvalue weighted by atomic mass is 9.89. The number of carbonyl (C=O) groups excluding carboxylic acids is 1. The van der Waals surface area contributed by atoms with Crippen LogP contribution in [0.3, 0.4) is 0 Å². The van der Waals surface area contributed by atoms with E-state index in [9.17, 15) is 14.9 Å². The van der Waals surface area contributed by atoms with Crippen LogP contribution in [0.4, 0.5) is 5.69 Å². The summed E-state index contributed by atoms with van der Waals surface area (Å²) in [6.45, 7) is 1.93. The van der Waals surface area contributed by atoms with Crippen LogP contribution >= 0.6 is 0 Å². The highest BCUT2D eigenvalue weighted by molar-refractivity contribution is 5.95. The van der Waals surface area contributed by atoms with Crippen molar-refractivity contribution in [3.63, 3.8) is 0 Å². The largest absolute Gasteiger partial charge is 0.346 e. The van der Waals surface area contributed by atoms with Crippen molar-refractivity contribution in [2.24, 2.45) is 0 Å². The highest BCUT2D eigenvalue weighted by atomic mass is 16.6. The molecule has 0 spiro atoms. The molecule has 0 bridgehead atoms. The van der Waals surface area contributed by atoms with Crippen LogP contribution in [0.15, 0.2) is 42.5 Å². The predicted molar refractivity (Wildman–Crippen MR) is 92.1 cm³/mol. The number of hydrogen-bond acceptors (Lipinski definition) is 3. The van der Waals surface area contributed by atoms with E-state index in [-0.39, 0.29) is 17.6 Å². The summed E-state index contributed by atoms with van der Waals surface area (Å²) in [4.78, 5) is 22.7. The topological polar surface area (TPSA) is 72.2 Å². The molecule has 124 valence electrons. The molecule has 1 aliphatic rings. The maximum absolute atomic E-state index is 12.4. The molecule has 1 aliphatic carbocycles. The average Bonchev–Trinajstić information content (AvgIpc) is 2.61. The Morgan fingerprint density at radius 1 is 1.12 bits per heavy atom. The van der Waals surface area contributed by atoms with Crippen molar-refractivity contribution in [2.45, 2.75) is 38.6 Å². The van der Waals surface area contributed by atoms with Gasteiger partial charge in [-0.1, -0.05) is 24.3 Å². The maximum Gasteiger partial charge on any atom is 0.270 e. The fourth-order valence-corrected chi connectivity index (χ4v) is 3.15. The normalized spacial score (nSPS) is 14.5. The number of amides is 1. The van der Waals surface area contributed by atoms with Crippen molar-refractivity contribution >= 4 is 11.6 Å². The lowest BCUT2D eigenvalue weighted by Crippen LogP contribution is -2.26. The Kier molecular flexibility index (Phi) is 4.60. The molecular weight excluding hydrogens is 304 g/mol. The zero-order valence-electron chi connectivity index (χ0n) is 13.6. The van der Waals surface area contributed by atoms with Crippen molar-refractivity contribution in [3.8, 4) is 0 Å². The van der Waals surface area contributed by atoms with Gasteiger partial charge in [0.2, 0.25) is 0 Å². The molecule has 5 nitrogen and oxygen atoms in total. The van der Waals surface area contributed by atoms with Crippen LogP contribution in [0.25, 0.3) is 0 Å². The molecule has 0 unspecified atom stereocenters. The number of rotatable bonds is 4. The Labute approximate surface area is 140 Å². The predicted octanol–water partition coefficient (Wildman–Crippen LogP) is 3.96. The highest BCUT2D eigenvalue weighted by Crippen LogP contribution is 2.25. The van der Waals surface area contributed by atoms with Gasteiger partial charge in [-0.25, -0.2) is 0 Å². The average molecular weight is 324 g/mol. The standard InChI is InChI=1S/C19H20N2O3/c1-13(15-10-9-14-5-2-3-6-16(14)11-15)20-19(22)17-7-4-8-18(12-17)21(23)24/h4,7-13H,2-3,5-6H2,1H3,(H,20,22)/t13-/m0/s1. The van der Waals surface area contributed by atoms with E-state index >= 15 is 0 Å². The van der Waals surface area contributed by atoms with Crippen LogP contribution in [0.5, 0.6) is 0 Å². The Morgan fingerprint density at radius 3 is 2.62 bits per heavy atom. The summed E-state index contributed by atoms with van der Waals surface area (Å²) < 4.78 is 0. The zero-order chi connectivity index (χ0) is 17.1. The summed E-state index contributed by atoms with van der Waals surface area (Å²) in [6, 6.07) is 12.0. The van der Waals surface area contributed by atoms with E-state index in [1.165, 1.54) is 42.2 Å². The van der Waals surface area contributed by atoms with Gasteiger partial charge in [-0.15, -0.1) is 0 Å². The molecule has 2 aromatic carbocycles. The molecule has 24 heavy (non-hydrogen) atoms. The van der Waals surface area contributed by atoms with E-state index in [4.69, 9.17) is 0 Å². The minimum absolute atomic E-state index is 0.0796. The second-order valence-electron chi connectivity index (χ2n) is 6.24. The molecule has 0 saturated carbocycles. The number of carbonyl (C=O) groups is 1. The number of nitrogens with one attached hydrogen (secondary N) is 1. The van der Waals surface area contributed by atoms with Crippen LogP contribution in [-0.4, -0.2) is 10.8 Å². The molecular formula is C19H20N2O3. The smallest absolute Gasteiger partial charge is 0.270 e. The number of aryl methyl sites for hydroxylation is 2. The third-order valence-electron chi connectivity index (χ3n) is 4.54. The third kappa shape index (κ3) is 3.45. The van der Waals surface area contributed by atoms with E-state index in [0.717, 1.165) is 18.4 Å². The van der Waals surface area contributed by atoms with E-state index < -0.39 is 4.92 Å². The monoisotopic (exact) mass is 324 g/mol. The first-order valence-electron chi connectivity index (χ1n) is 8.21. The molecule has 0 aliphatic heterocycles. The summed E-state index contributed by atoms with van der Waals surface area (Å²) in [6.07, 6.45) is 4.68. The van der Waals surface area contributed by atoms with Crippen molar-refractivity contribution < 1.29 is 9.72 Å². The lowest BCUT2D eigenvalue weighted by molar-refractivity contribution is -0.384. The molecule has 0 aromatic heterocycles. The fourth-order valence-electron chi connectivity index (χ4n) is 3.15. The number of nitro groups is 1. The molecule has 1 amide bonds. The molecule has 5 heteroatoms. The number of nitro benzene ring substituents is 1. The molecule has 0 radical (unpaired) electrons. The van der Waals surface area contributed by atoms with Crippen molar-refractivity contribution in [1.82, 2.24) is 5.32 Å². The molecule has 2 aromatic rings. The van der Waals surface area contributed by atoms with Crippen LogP contribution in [-0.2, 0) is 12.8 Å². The van der Waals surface area contributed by atoms with Gasteiger partial charge in [0.1, 0.15) is 0 Å². The highest BCUT2D eigenvalue weighted by Gasteiger charge is 2.16. The van der Waals surface area contributed by atoms with Gasteiger partial charge >= 0.3 is 0 Å². The third-order valence-corrected chi connectivity index (χ3v) is 4.54. The maximum atomic E-state index is 12.4. The molecule has 0 fully saturated rings. The first-order chi connectivity index (χ1) is 11.5. The number of fused-ring (bicyclic) bond motifs is 1. The molecule has 0 heterocycles. The summed E-state index contributed by atoms with van der Waals surface area (Å²) in [7, 11) is 0. The molecule has 3 rings (SSSR count). The quantitative estimate of drug-likeness (QED) is 0.683. The zero-order valence-corrected chi connectivity index (χ0v) is 13.6. The van der Waals surface area contributed by atoms with Gasteiger partial charge in [0.15, 0.2) is 0 Å². The van der Waals surface area contributed by atoms with Crippen LogP contribution in [0, 0.1) is 10.1 Å². The van der Waals surface area contributed by atoms with Gasteiger partial charge in [-0.05, 0) is 55.4 Å². The number of non-ortho nitro benzene ring substituents is 1. The minimum Gasteiger partial charge on any atom is -0.346 e. The van der Waals surface area contributed by atoms with Crippen LogP contribution < -0.4 is 5.32 Å². The summed E-state index contributed by atoms with van der Waals surface area (Å²) in [5.74, 6) is -0.302. The number of nitrogens with zero attached hydrogens (tertiary/aromatic N) is 1. The second kappa shape index (κ2) is 6.83. The first-order valence-corrected chi connectivity index (χ1v) is 8.21. The molecule has 0 saturated heterocycles. The van der Waals surface area contributed by atoms with E-state index in [1.807, 2.05) is 6.92 Å². The molecule has 1 N–H and O–H groups in total. The van der Waals surface area contributed by atoms with Gasteiger partial charge in [0.25, 0.3) is 11.6 Å². The molecule has 1 atom stereocenters. The van der Waals surface area contributed by atoms with Gasteiger partial charge < -0.3 is 5.32 Å². The minimum atomic E-state index is -0.496. The summed E-state index contributed by atoms with van der Waals surface area (Å²) in [5, 5.41) is 13.8. The van der Waals surface area contributed by atoms with Gasteiger partial charge in [0.05, 0.1) is 11.0 Å². The number of benzene rings is 2. The van der Waals surface area contributed by atoms with Gasteiger partial charge in [-0.2, -0.15) is 0 Å². The van der Waals surface area contributed by atoms with Crippen molar-refractivity contribution in [1.29, 1.82) is 0 Å². The van der Waals surface area contributed by atoms with Crippen molar-refractivity contribution in [2.75, 3.05) is 0 Å². The van der Waals surface area contributed by atoms with Gasteiger partial charge in [0, 0.05) is 17.7 Å². The van der Waals surface area contributed by atoms with E-state index in [0.29, 0.717) is 5.56 Å². The summed E-state index contributed by atoms with van der Waals surface area (Å²) >= 11 is 0. The van der Waals surface area contributed by atoms with Crippen LogP contribution in [0.1, 0.15) is 52.9 Å². The fraction of sp³-hybridized carbons (Fsp3) is 0.316. The Bertz CT molecular complexity index is 786. The Hall–Kier alpha value is -2.69. The second-order valence-corrected chi connectivity index (χ2v) is 6.24. The lowest BCUT2D eigenvalue weighted by Gasteiger charge is -2.20. The Balaban J connectivity index is 1.74. The number of hydrogen-bond donors (Lipinski definition) is 1. The van der Waals surface area contributed by atoms with E-state index in [2.05, 4.69) is 23.5 Å². The van der Waals surface area contributed by atoms with Crippen LogP contribution in [0.2, 0.25) is 0 Å². The first kappa shape index (κ1) is 16.2.